The van der Waals surface area contributed by atoms with Crippen molar-refractivity contribution in [3.63, 3.8) is 0 Å². The molecule has 0 aliphatic rings. The molecule has 3 heteroatoms. The molecular weight excluding hydrogens is 396 g/mol. The molecule has 192 valence electrons. The Labute approximate surface area is 201 Å². The van der Waals surface area contributed by atoms with Gasteiger partial charge in [0.1, 0.15) is 0 Å². The highest BCUT2D eigenvalue weighted by Gasteiger charge is 2.27. The van der Waals surface area contributed by atoms with Crippen LogP contribution >= 0.6 is 0 Å². The molecule has 0 saturated heterocycles. The monoisotopic (exact) mass is 454 g/mol. The summed E-state index contributed by atoms with van der Waals surface area (Å²) in [6, 6.07) is 0. The highest BCUT2D eigenvalue weighted by molar-refractivity contribution is 5.69. The first-order chi connectivity index (χ1) is 15.6. The van der Waals surface area contributed by atoms with Crippen LogP contribution in [0.15, 0.2) is 0 Å². The molecule has 0 fully saturated rings. The number of hydrogen-bond donors (Lipinski definition) is 1. The fraction of sp³-hybridized carbons (Fsp3) is 0.966. The predicted molar refractivity (Wildman–Crippen MR) is 139 cm³/mol. The minimum atomic E-state index is -0.247. The third kappa shape index (κ3) is 18.9. The lowest BCUT2D eigenvalue weighted by Gasteiger charge is -2.28. The number of carbonyl (C=O) groups is 1. The maximum atomic E-state index is 11.9. The lowest BCUT2D eigenvalue weighted by atomic mass is 9.84. The quantitative estimate of drug-likeness (QED) is 0.110. The summed E-state index contributed by atoms with van der Waals surface area (Å²) in [7, 11) is 0. The third-order valence-electron chi connectivity index (χ3n) is 7.36. The lowest BCUT2D eigenvalue weighted by Crippen LogP contribution is -2.31. The van der Waals surface area contributed by atoms with Crippen LogP contribution in [0.4, 0.5) is 0 Å². The van der Waals surface area contributed by atoms with Crippen molar-refractivity contribution in [3.05, 3.63) is 0 Å². The fourth-order valence-electron chi connectivity index (χ4n) is 4.38. The van der Waals surface area contributed by atoms with Crippen LogP contribution in [0.25, 0.3) is 0 Å². The molecule has 0 amide bonds. The number of unbranched alkanes of at least 4 members (excludes halogenated alkanes) is 18. The first-order valence-electron chi connectivity index (χ1n) is 14.4. The summed E-state index contributed by atoms with van der Waals surface area (Å²) in [5, 5.41) is 9.54. The summed E-state index contributed by atoms with van der Waals surface area (Å²) in [5.41, 5.74) is -0.247. The lowest BCUT2D eigenvalue weighted by molar-refractivity contribution is -0.148. The SMILES string of the molecule is CCCCCCCCCCCCCCCCCCCCCC(=O)OCC(CC)(CC)CO. The van der Waals surface area contributed by atoms with Crippen molar-refractivity contribution in [2.45, 2.75) is 162 Å². The van der Waals surface area contributed by atoms with Crippen molar-refractivity contribution in [2.75, 3.05) is 13.2 Å². The van der Waals surface area contributed by atoms with Crippen LogP contribution in [0.3, 0.4) is 0 Å². The molecule has 0 rings (SSSR count). The van der Waals surface area contributed by atoms with Crippen molar-refractivity contribution in [2.24, 2.45) is 5.41 Å². The predicted octanol–water partition coefficient (Wildman–Crippen LogP) is 9.15. The normalized spacial score (nSPS) is 11.8. The van der Waals surface area contributed by atoms with Crippen molar-refractivity contribution >= 4 is 5.97 Å². The first-order valence-corrected chi connectivity index (χ1v) is 14.4. The molecular formula is C29H58O3. The number of rotatable bonds is 25. The van der Waals surface area contributed by atoms with E-state index in [1.54, 1.807) is 0 Å². The minimum absolute atomic E-state index is 0.0898. The van der Waals surface area contributed by atoms with E-state index >= 15 is 0 Å². The summed E-state index contributed by atoms with van der Waals surface area (Å²) in [5.74, 6) is -0.100. The molecule has 0 atom stereocenters. The number of carbonyl (C=O) groups excluding carboxylic acids is 1. The second-order valence-corrected chi connectivity index (χ2v) is 10.1. The van der Waals surface area contributed by atoms with Gasteiger partial charge in [-0.05, 0) is 19.3 Å². The summed E-state index contributed by atoms with van der Waals surface area (Å²) >= 11 is 0. The Kier molecular flexibility index (Phi) is 23.2. The maximum absolute atomic E-state index is 11.9. The Bertz CT molecular complexity index is 382. The molecule has 0 radical (unpaired) electrons. The van der Waals surface area contributed by atoms with Gasteiger partial charge in [0.15, 0.2) is 0 Å². The maximum Gasteiger partial charge on any atom is 0.305 e. The van der Waals surface area contributed by atoms with Gasteiger partial charge in [-0.15, -0.1) is 0 Å². The topological polar surface area (TPSA) is 46.5 Å². The molecule has 0 aromatic carbocycles. The van der Waals surface area contributed by atoms with Gasteiger partial charge >= 0.3 is 5.97 Å². The Hall–Kier alpha value is -0.570. The van der Waals surface area contributed by atoms with Crippen LogP contribution < -0.4 is 0 Å². The highest BCUT2D eigenvalue weighted by Crippen LogP contribution is 2.26. The number of aliphatic hydroxyl groups excluding tert-OH is 1. The van der Waals surface area contributed by atoms with E-state index in [1.165, 1.54) is 109 Å². The fourth-order valence-corrected chi connectivity index (χ4v) is 4.38. The van der Waals surface area contributed by atoms with Gasteiger partial charge in [-0.3, -0.25) is 4.79 Å². The van der Waals surface area contributed by atoms with Crippen molar-refractivity contribution < 1.29 is 14.6 Å². The van der Waals surface area contributed by atoms with E-state index in [2.05, 4.69) is 6.92 Å². The minimum Gasteiger partial charge on any atom is -0.465 e. The summed E-state index contributed by atoms with van der Waals surface area (Å²) in [4.78, 5) is 11.9. The molecule has 0 unspecified atom stereocenters. The van der Waals surface area contributed by atoms with Crippen LogP contribution in [0, 0.1) is 5.41 Å². The zero-order valence-corrected chi connectivity index (χ0v) is 22.2. The molecule has 0 aliphatic carbocycles. The average Bonchev–Trinajstić information content (AvgIpc) is 2.82. The Balaban J connectivity index is 3.29. The van der Waals surface area contributed by atoms with Gasteiger partial charge in [-0.1, -0.05) is 136 Å². The van der Waals surface area contributed by atoms with E-state index in [0.29, 0.717) is 13.0 Å². The van der Waals surface area contributed by atoms with Gasteiger partial charge in [0, 0.05) is 11.8 Å². The van der Waals surface area contributed by atoms with Crippen molar-refractivity contribution in [1.29, 1.82) is 0 Å². The van der Waals surface area contributed by atoms with E-state index < -0.39 is 0 Å². The van der Waals surface area contributed by atoms with Gasteiger partial charge in [0.2, 0.25) is 0 Å². The molecule has 0 spiro atoms. The molecule has 1 N–H and O–H groups in total. The smallest absolute Gasteiger partial charge is 0.305 e. The van der Waals surface area contributed by atoms with Crippen molar-refractivity contribution in [1.82, 2.24) is 0 Å². The van der Waals surface area contributed by atoms with E-state index in [1.807, 2.05) is 13.8 Å². The molecule has 0 saturated carbocycles. The Morgan fingerprint density at radius 2 is 0.938 bits per heavy atom. The Morgan fingerprint density at radius 3 is 1.25 bits per heavy atom. The van der Waals surface area contributed by atoms with Crippen molar-refractivity contribution in [3.8, 4) is 0 Å². The van der Waals surface area contributed by atoms with E-state index in [9.17, 15) is 9.90 Å². The molecule has 0 aliphatic heterocycles. The zero-order valence-electron chi connectivity index (χ0n) is 22.2. The summed E-state index contributed by atoms with van der Waals surface area (Å²) < 4.78 is 5.42. The van der Waals surface area contributed by atoms with Crippen LogP contribution in [0.1, 0.15) is 162 Å². The molecule has 0 bridgehead atoms. The largest absolute Gasteiger partial charge is 0.465 e. The number of hydrogen-bond acceptors (Lipinski definition) is 3. The van der Waals surface area contributed by atoms with Crippen LogP contribution in [-0.4, -0.2) is 24.3 Å². The van der Waals surface area contributed by atoms with Crippen LogP contribution in [0.5, 0.6) is 0 Å². The second-order valence-electron chi connectivity index (χ2n) is 10.1. The molecule has 3 nitrogen and oxygen atoms in total. The Morgan fingerprint density at radius 1 is 0.594 bits per heavy atom. The third-order valence-corrected chi connectivity index (χ3v) is 7.36. The second kappa shape index (κ2) is 23.6. The summed E-state index contributed by atoms with van der Waals surface area (Å²) in [6.07, 6.45) is 28.1. The standard InChI is InChI=1S/C29H58O3/c1-4-7-8-9-10-11-12-13-14-15-16-17-18-19-20-21-22-23-24-25-28(31)32-27-29(5-2,6-3)26-30/h30H,4-27H2,1-3H3. The number of ether oxygens (including phenoxy) is 1. The molecule has 0 aromatic heterocycles. The van der Waals surface area contributed by atoms with Gasteiger partial charge in [0.05, 0.1) is 13.2 Å². The van der Waals surface area contributed by atoms with E-state index in [-0.39, 0.29) is 18.0 Å². The van der Waals surface area contributed by atoms with Crippen LogP contribution in [-0.2, 0) is 9.53 Å². The van der Waals surface area contributed by atoms with Gasteiger partial charge in [-0.25, -0.2) is 0 Å². The molecule has 0 aromatic rings. The van der Waals surface area contributed by atoms with E-state index in [0.717, 1.165) is 25.7 Å². The number of esters is 1. The first kappa shape index (κ1) is 31.4. The molecule has 32 heavy (non-hydrogen) atoms. The zero-order chi connectivity index (χ0) is 23.8. The highest BCUT2D eigenvalue weighted by atomic mass is 16.5. The average molecular weight is 455 g/mol. The van der Waals surface area contributed by atoms with Gasteiger partial charge in [-0.2, -0.15) is 0 Å². The van der Waals surface area contributed by atoms with Gasteiger partial charge < -0.3 is 9.84 Å². The van der Waals surface area contributed by atoms with Crippen LogP contribution in [0.2, 0.25) is 0 Å². The molecule has 0 heterocycles. The number of aliphatic hydroxyl groups is 1. The van der Waals surface area contributed by atoms with Gasteiger partial charge in [0.25, 0.3) is 0 Å². The summed E-state index contributed by atoms with van der Waals surface area (Å²) in [6.45, 7) is 6.83. The van der Waals surface area contributed by atoms with E-state index in [4.69, 9.17) is 4.74 Å².